The molecule has 24 heavy (non-hydrogen) atoms. The number of aromatic nitrogens is 2. The van der Waals surface area contributed by atoms with E-state index in [9.17, 15) is 9.18 Å². The van der Waals surface area contributed by atoms with Gasteiger partial charge < -0.3 is 0 Å². The molecule has 0 bridgehead atoms. The maximum atomic E-state index is 12.9. The first-order valence-electron chi connectivity index (χ1n) is 7.02. The molecule has 0 saturated heterocycles. The van der Waals surface area contributed by atoms with Crippen LogP contribution in [-0.4, -0.2) is 22.3 Å². The number of carbonyl (C=O) groups is 1. The van der Waals surface area contributed by atoms with Crippen LogP contribution in [0.4, 0.5) is 4.39 Å². The van der Waals surface area contributed by atoms with Crippen molar-refractivity contribution < 1.29 is 9.18 Å². The van der Waals surface area contributed by atoms with Crippen LogP contribution in [0.3, 0.4) is 0 Å². The summed E-state index contributed by atoms with van der Waals surface area (Å²) in [6, 6.07) is 14.9. The number of amides is 1. The Morgan fingerprint density at radius 3 is 2.58 bits per heavy atom. The van der Waals surface area contributed by atoms with Crippen molar-refractivity contribution in [3.63, 3.8) is 0 Å². The second-order valence-electron chi connectivity index (χ2n) is 4.92. The molecule has 0 unspecified atom stereocenters. The highest BCUT2D eigenvalue weighted by Crippen LogP contribution is 2.17. The van der Waals surface area contributed by atoms with E-state index in [0.717, 1.165) is 10.0 Å². The van der Waals surface area contributed by atoms with Gasteiger partial charge in [-0.1, -0.05) is 28.1 Å². The molecule has 0 aliphatic heterocycles. The van der Waals surface area contributed by atoms with Crippen LogP contribution in [0.15, 0.2) is 64.2 Å². The fraction of sp³-hybridized carbons (Fsp3) is 0. The van der Waals surface area contributed by atoms with Crippen molar-refractivity contribution in [2.45, 2.75) is 0 Å². The molecular weight excluding hydrogens is 375 g/mol. The van der Waals surface area contributed by atoms with Gasteiger partial charge in [-0.25, -0.2) is 9.82 Å². The largest absolute Gasteiger partial charge is 0.289 e. The summed E-state index contributed by atoms with van der Waals surface area (Å²) in [5.41, 5.74) is 4.81. The van der Waals surface area contributed by atoms with Crippen molar-refractivity contribution in [3.8, 4) is 11.3 Å². The SMILES string of the molecule is O=C(N/N=C\c1ccc(Br)cc1)c1cc(-c2ccc(F)cc2)n[nH]1. The van der Waals surface area contributed by atoms with Gasteiger partial charge in [-0.05, 0) is 48.0 Å². The van der Waals surface area contributed by atoms with Gasteiger partial charge in [0.15, 0.2) is 0 Å². The minimum Gasteiger partial charge on any atom is -0.272 e. The molecule has 0 saturated carbocycles. The van der Waals surface area contributed by atoms with Crippen LogP contribution in [-0.2, 0) is 0 Å². The molecule has 120 valence electrons. The van der Waals surface area contributed by atoms with Crippen LogP contribution in [0.2, 0.25) is 0 Å². The monoisotopic (exact) mass is 386 g/mol. The van der Waals surface area contributed by atoms with E-state index in [4.69, 9.17) is 0 Å². The summed E-state index contributed by atoms with van der Waals surface area (Å²) < 4.78 is 13.9. The Labute approximate surface area is 145 Å². The van der Waals surface area contributed by atoms with E-state index in [1.807, 2.05) is 24.3 Å². The predicted octanol–water partition coefficient (Wildman–Crippen LogP) is 3.74. The van der Waals surface area contributed by atoms with E-state index < -0.39 is 5.91 Å². The first kappa shape index (κ1) is 16.1. The fourth-order valence-electron chi connectivity index (χ4n) is 1.98. The molecule has 0 atom stereocenters. The van der Waals surface area contributed by atoms with Gasteiger partial charge in [0, 0.05) is 10.0 Å². The first-order chi connectivity index (χ1) is 11.6. The molecule has 1 heterocycles. The smallest absolute Gasteiger partial charge is 0.272 e. The molecule has 0 fully saturated rings. The lowest BCUT2D eigenvalue weighted by atomic mass is 10.1. The standard InChI is InChI=1S/C17H12BrFN4O/c18-13-5-1-11(2-6-13)10-20-23-17(24)16-9-15(21-22-16)12-3-7-14(19)8-4-12/h1-10H,(H,21,22)(H,23,24)/b20-10-. The maximum absolute atomic E-state index is 12.9. The summed E-state index contributed by atoms with van der Waals surface area (Å²) in [5, 5.41) is 10.6. The molecule has 2 N–H and O–H groups in total. The highest BCUT2D eigenvalue weighted by Gasteiger charge is 2.10. The molecule has 1 amide bonds. The van der Waals surface area contributed by atoms with Gasteiger partial charge in [-0.15, -0.1) is 0 Å². The summed E-state index contributed by atoms with van der Waals surface area (Å²) in [5.74, 6) is -0.737. The van der Waals surface area contributed by atoms with E-state index in [0.29, 0.717) is 11.3 Å². The normalized spacial score (nSPS) is 10.9. The highest BCUT2D eigenvalue weighted by molar-refractivity contribution is 9.10. The second-order valence-corrected chi connectivity index (χ2v) is 5.84. The lowest BCUT2D eigenvalue weighted by molar-refractivity contribution is 0.0950. The van der Waals surface area contributed by atoms with Crippen LogP contribution < -0.4 is 5.43 Å². The lowest BCUT2D eigenvalue weighted by Gasteiger charge is -1.96. The van der Waals surface area contributed by atoms with Crippen LogP contribution in [0.1, 0.15) is 16.1 Å². The molecule has 0 spiro atoms. The number of halogens is 2. The van der Waals surface area contributed by atoms with Crippen molar-refractivity contribution in [3.05, 3.63) is 76.1 Å². The zero-order chi connectivity index (χ0) is 16.9. The molecule has 2 aromatic carbocycles. The van der Waals surface area contributed by atoms with Gasteiger partial charge in [0.1, 0.15) is 11.5 Å². The summed E-state index contributed by atoms with van der Waals surface area (Å²) in [6.07, 6.45) is 1.54. The number of nitrogens with zero attached hydrogens (tertiary/aromatic N) is 2. The van der Waals surface area contributed by atoms with Crippen LogP contribution >= 0.6 is 15.9 Å². The molecule has 0 aliphatic carbocycles. The Morgan fingerprint density at radius 1 is 1.17 bits per heavy atom. The molecule has 7 heteroatoms. The van der Waals surface area contributed by atoms with Crippen molar-refractivity contribution in [1.82, 2.24) is 15.6 Å². The third kappa shape index (κ3) is 3.94. The first-order valence-corrected chi connectivity index (χ1v) is 7.81. The third-order valence-electron chi connectivity index (χ3n) is 3.21. The van der Waals surface area contributed by atoms with Gasteiger partial charge in [0.25, 0.3) is 5.91 Å². The van der Waals surface area contributed by atoms with E-state index in [-0.39, 0.29) is 11.5 Å². The number of hydrazone groups is 1. The van der Waals surface area contributed by atoms with E-state index in [2.05, 4.69) is 36.7 Å². The van der Waals surface area contributed by atoms with Crippen LogP contribution in [0.5, 0.6) is 0 Å². The predicted molar refractivity (Wildman–Crippen MR) is 93.2 cm³/mol. The van der Waals surface area contributed by atoms with Gasteiger partial charge in [0.2, 0.25) is 0 Å². The quantitative estimate of drug-likeness (QED) is 0.529. The highest BCUT2D eigenvalue weighted by atomic mass is 79.9. The minimum absolute atomic E-state index is 0.266. The average Bonchev–Trinajstić information content (AvgIpc) is 3.07. The lowest BCUT2D eigenvalue weighted by Crippen LogP contribution is -2.17. The van der Waals surface area contributed by atoms with E-state index in [1.165, 1.54) is 12.1 Å². The van der Waals surface area contributed by atoms with Crippen molar-refractivity contribution in [2.24, 2.45) is 5.10 Å². The van der Waals surface area contributed by atoms with Gasteiger partial charge in [0.05, 0.1) is 11.9 Å². The maximum Gasteiger partial charge on any atom is 0.289 e. The van der Waals surface area contributed by atoms with Gasteiger partial charge >= 0.3 is 0 Å². The van der Waals surface area contributed by atoms with Gasteiger partial charge in [-0.2, -0.15) is 10.2 Å². The second kappa shape index (κ2) is 7.18. The van der Waals surface area contributed by atoms with Gasteiger partial charge in [-0.3, -0.25) is 9.89 Å². The Balaban J connectivity index is 1.65. The Morgan fingerprint density at radius 2 is 1.88 bits per heavy atom. The molecule has 1 aromatic heterocycles. The Kier molecular flexibility index (Phi) is 4.81. The average molecular weight is 387 g/mol. The topological polar surface area (TPSA) is 70.1 Å². The van der Waals surface area contributed by atoms with Crippen LogP contribution in [0, 0.1) is 5.82 Å². The number of rotatable bonds is 4. The Bertz CT molecular complexity index is 872. The molecule has 0 aliphatic rings. The van der Waals surface area contributed by atoms with Crippen molar-refractivity contribution in [1.29, 1.82) is 0 Å². The minimum atomic E-state index is -0.413. The third-order valence-corrected chi connectivity index (χ3v) is 3.74. The number of H-pyrrole nitrogens is 1. The number of benzene rings is 2. The van der Waals surface area contributed by atoms with E-state index in [1.54, 1.807) is 24.4 Å². The summed E-state index contributed by atoms with van der Waals surface area (Å²) >= 11 is 3.35. The van der Waals surface area contributed by atoms with Crippen LogP contribution in [0.25, 0.3) is 11.3 Å². The van der Waals surface area contributed by atoms with Crippen molar-refractivity contribution in [2.75, 3.05) is 0 Å². The number of aromatic amines is 1. The Hall–Kier alpha value is -2.80. The number of nitrogens with one attached hydrogen (secondary N) is 2. The zero-order valence-electron chi connectivity index (χ0n) is 12.3. The fourth-order valence-corrected chi connectivity index (χ4v) is 2.25. The molecule has 5 nitrogen and oxygen atoms in total. The molecular formula is C17H12BrFN4O. The van der Waals surface area contributed by atoms with Crippen molar-refractivity contribution >= 4 is 28.1 Å². The summed E-state index contributed by atoms with van der Waals surface area (Å²) in [7, 11) is 0. The number of hydrogen-bond acceptors (Lipinski definition) is 3. The summed E-state index contributed by atoms with van der Waals surface area (Å²) in [6.45, 7) is 0. The number of hydrogen-bond donors (Lipinski definition) is 2. The molecule has 3 rings (SSSR count). The number of carbonyl (C=O) groups excluding carboxylic acids is 1. The van der Waals surface area contributed by atoms with E-state index >= 15 is 0 Å². The molecule has 3 aromatic rings. The zero-order valence-corrected chi connectivity index (χ0v) is 13.9. The summed E-state index contributed by atoms with van der Waals surface area (Å²) in [4.78, 5) is 12.0. The molecule has 0 radical (unpaired) electrons.